The Morgan fingerprint density at radius 3 is 2.91 bits per heavy atom. The number of hydrogen-bond acceptors (Lipinski definition) is 6. The number of carbonyl (C=O) groups excluding carboxylic acids is 1. The van der Waals surface area contributed by atoms with Gasteiger partial charge in [-0.25, -0.2) is 9.78 Å². The number of nitrogen functional groups attached to an aromatic ring is 1. The van der Waals surface area contributed by atoms with Gasteiger partial charge < -0.3 is 25.7 Å². The molecule has 8 heteroatoms. The summed E-state index contributed by atoms with van der Waals surface area (Å²) in [6.45, 7) is 4.31. The zero-order valence-corrected chi connectivity index (χ0v) is 12.8. The van der Waals surface area contributed by atoms with Gasteiger partial charge in [-0.05, 0) is 19.8 Å². The van der Waals surface area contributed by atoms with Crippen molar-refractivity contribution in [3.05, 3.63) is 22.2 Å². The van der Waals surface area contributed by atoms with Crippen LogP contribution in [0.5, 0.6) is 0 Å². The molecule has 0 aliphatic carbocycles. The van der Waals surface area contributed by atoms with E-state index in [0.717, 1.165) is 12.8 Å². The van der Waals surface area contributed by atoms with Gasteiger partial charge in [-0.3, -0.25) is 4.79 Å². The molecule has 122 valence electrons. The Labute approximate surface area is 129 Å². The van der Waals surface area contributed by atoms with E-state index in [1.54, 1.807) is 11.8 Å². The predicted molar refractivity (Wildman–Crippen MR) is 82.6 cm³/mol. The van der Waals surface area contributed by atoms with Crippen LogP contribution in [-0.4, -0.2) is 53.2 Å². The lowest BCUT2D eigenvalue weighted by Gasteiger charge is -2.31. The van der Waals surface area contributed by atoms with Crippen LogP contribution in [0.3, 0.4) is 0 Å². The average molecular weight is 309 g/mol. The summed E-state index contributed by atoms with van der Waals surface area (Å²) < 4.78 is 4.99. The maximum atomic E-state index is 11.6. The molecule has 1 aromatic rings. The number of nitrogens with two attached hydrogens (primary N) is 1. The van der Waals surface area contributed by atoms with E-state index in [-0.39, 0.29) is 17.5 Å². The maximum Gasteiger partial charge on any atom is 0.409 e. The van der Waals surface area contributed by atoms with Crippen molar-refractivity contribution in [1.82, 2.24) is 20.2 Å². The summed E-state index contributed by atoms with van der Waals surface area (Å²) in [7, 11) is 0. The number of likely N-dealkylation sites (tertiary alicyclic amines) is 1. The van der Waals surface area contributed by atoms with Gasteiger partial charge in [0.05, 0.1) is 6.61 Å². The number of piperidine rings is 1. The number of ether oxygens (including phenoxy) is 1. The molecule has 0 unspecified atom stereocenters. The highest BCUT2D eigenvalue weighted by atomic mass is 16.6. The molecule has 0 bridgehead atoms. The molecule has 1 saturated heterocycles. The van der Waals surface area contributed by atoms with Crippen molar-refractivity contribution in [1.29, 1.82) is 0 Å². The summed E-state index contributed by atoms with van der Waals surface area (Å²) in [6, 6.07) is 1.63. The number of anilines is 1. The zero-order valence-electron chi connectivity index (χ0n) is 12.8. The van der Waals surface area contributed by atoms with Gasteiger partial charge >= 0.3 is 6.09 Å². The van der Waals surface area contributed by atoms with Crippen LogP contribution in [0.1, 0.15) is 25.6 Å². The van der Waals surface area contributed by atoms with E-state index in [4.69, 9.17) is 10.5 Å². The average Bonchev–Trinajstić information content (AvgIpc) is 2.47. The van der Waals surface area contributed by atoms with E-state index in [2.05, 4.69) is 15.3 Å². The fourth-order valence-electron chi connectivity index (χ4n) is 2.52. The minimum absolute atomic E-state index is 0.231. The van der Waals surface area contributed by atoms with Gasteiger partial charge in [0.1, 0.15) is 11.6 Å². The molecular formula is C14H23N5O3. The number of aromatic amines is 1. The van der Waals surface area contributed by atoms with E-state index >= 15 is 0 Å². The Kier molecular flexibility index (Phi) is 5.76. The second kappa shape index (κ2) is 7.79. The number of nitrogens with zero attached hydrogens (tertiary/aromatic N) is 2. The molecule has 0 aromatic carbocycles. The van der Waals surface area contributed by atoms with Crippen LogP contribution in [-0.2, 0) is 11.2 Å². The molecule has 8 nitrogen and oxygen atoms in total. The van der Waals surface area contributed by atoms with Crippen LogP contribution >= 0.6 is 0 Å². The smallest absolute Gasteiger partial charge is 0.409 e. The normalized spacial score (nSPS) is 15.8. The first-order valence-electron chi connectivity index (χ1n) is 7.59. The minimum atomic E-state index is -0.234. The first-order valence-corrected chi connectivity index (χ1v) is 7.59. The van der Waals surface area contributed by atoms with Crippen molar-refractivity contribution in [2.24, 2.45) is 0 Å². The van der Waals surface area contributed by atoms with E-state index < -0.39 is 0 Å². The van der Waals surface area contributed by atoms with E-state index in [9.17, 15) is 9.59 Å². The number of carbonyl (C=O) groups is 1. The van der Waals surface area contributed by atoms with Crippen molar-refractivity contribution >= 4 is 11.9 Å². The van der Waals surface area contributed by atoms with Gasteiger partial charge in [-0.15, -0.1) is 0 Å². The molecule has 1 aliphatic heterocycles. The number of nitrogens with one attached hydrogen (secondary N) is 2. The Hall–Kier alpha value is -2.09. The van der Waals surface area contributed by atoms with Gasteiger partial charge in [0.2, 0.25) is 0 Å². The Balaban J connectivity index is 1.71. The third kappa shape index (κ3) is 4.73. The molecule has 2 rings (SSSR count). The monoisotopic (exact) mass is 309 g/mol. The number of rotatable bonds is 5. The number of hydrogen-bond donors (Lipinski definition) is 3. The van der Waals surface area contributed by atoms with Crippen LogP contribution in [0.15, 0.2) is 10.9 Å². The summed E-state index contributed by atoms with van der Waals surface area (Å²) >= 11 is 0. The summed E-state index contributed by atoms with van der Waals surface area (Å²) in [6.07, 6.45) is 2.15. The number of aromatic nitrogens is 2. The van der Waals surface area contributed by atoms with Crippen LogP contribution in [0, 0.1) is 0 Å². The molecule has 0 radical (unpaired) electrons. The lowest BCUT2D eigenvalue weighted by atomic mass is 10.1. The molecule has 1 amide bonds. The summed E-state index contributed by atoms with van der Waals surface area (Å²) in [5.41, 5.74) is 5.31. The molecule has 2 heterocycles. The van der Waals surface area contributed by atoms with Gasteiger partial charge in [-0.2, -0.15) is 0 Å². The first kappa shape index (κ1) is 16.3. The van der Waals surface area contributed by atoms with Gasteiger partial charge in [0.25, 0.3) is 5.56 Å². The zero-order chi connectivity index (χ0) is 15.9. The van der Waals surface area contributed by atoms with Crippen molar-refractivity contribution in [2.75, 3.05) is 32.0 Å². The summed E-state index contributed by atoms with van der Waals surface area (Å²) in [5, 5.41) is 3.42. The van der Waals surface area contributed by atoms with E-state index in [0.29, 0.717) is 44.5 Å². The van der Waals surface area contributed by atoms with Crippen molar-refractivity contribution < 1.29 is 9.53 Å². The van der Waals surface area contributed by atoms with Crippen LogP contribution in [0.4, 0.5) is 10.6 Å². The quantitative estimate of drug-likeness (QED) is 0.711. The maximum absolute atomic E-state index is 11.6. The third-order valence-electron chi connectivity index (χ3n) is 3.63. The van der Waals surface area contributed by atoms with Crippen LogP contribution < -0.4 is 16.6 Å². The predicted octanol–water partition coefficient (Wildman–Crippen LogP) is 0.105. The Morgan fingerprint density at radius 1 is 1.55 bits per heavy atom. The highest BCUT2D eigenvalue weighted by molar-refractivity contribution is 5.67. The van der Waals surface area contributed by atoms with Crippen molar-refractivity contribution in [3.63, 3.8) is 0 Å². The first-order chi connectivity index (χ1) is 10.6. The highest BCUT2D eigenvalue weighted by Gasteiger charge is 2.22. The van der Waals surface area contributed by atoms with Gasteiger partial charge in [0.15, 0.2) is 0 Å². The lowest BCUT2D eigenvalue weighted by molar-refractivity contribution is 0.0952. The van der Waals surface area contributed by atoms with Gasteiger partial charge in [-0.1, -0.05) is 0 Å². The molecule has 0 atom stereocenters. The second-order valence-corrected chi connectivity index (χ2v) is 5.28. The van der Waals surface area contributed by atoms with Crippen LogP contribution in [0.25, 0.3) is 0 Å². The molecular weight excluding hydrogens is 286 g/mol. The summed E-state index contributed by atoms with van der Waals surface area (Å²) in [5.74, 6) is 0.822. The standard InChI is InChI=1S/C14H23N5O3/c1-2-22-14(21)19-7-4-10(5-8-19)16-6-3-12-17-11(15)9-13(20)18-12/h9-10,16H,2-8H2,1H3,(H3,15,17,18,20). The molecule has 22 heavy (non-hydrogen) atoms. The topological polar surface area (TPSA) is 113 Å². The fraction of sp³-hybridized carbons (Fsp3) is 0.643. The van der Waals surface area contributed by atoms with E-state index in [1.165, 1.54) is 6.07 Å². The lowest BCUT2D eigenvalue weighted by Crippen LogP contribution is -2.45. The molecule has 0 saturated carbocycles. The second-order valence-electron chi connectivity index (χ2n) is 5.28. The fourth-order valence-corrected chi connectivity index (χ4v) is 2.52. The summed E-state index contributed by atoms with van der Waals surface area (Å²) in [4.78, 5) is 31.4. The Morgan fingerprint density at radius 2 is 2.27 bits per heavy atom. The van der Waals surface area contributed by atoms with Gasteiger partial charge in [0, 0.05) is 38.2 Å². The number of amides is 1. The highest BCUT2D eigenvalue weighted by Crippen LogP contribution is 2.11. The molecule has 4 N–H and O–H groups in total. The Bertz CT molecular complexity index is 552. The SMILES string of the molecule is CCOC(=O)N1CCC(NCCc2nc(N)cc(=O)[nH]2)CC1. The minimum Gasteiger partial charge on any atom is -0.450 e. The van der Waals surface area contributed by atoms with Crippen molar-refractivity contribution in [2.45, 2.75) is 32.2 Å². The largest absolute Gasteiger partial charge is 0.450 e. The molecule has 1 aliphatic rings. The van der Waals surface area contributed by atoms with E-state index in [1.807, 2.05) is 0 Å². The molecule has 0 spiro atoms. The van der Waals surface area contributed by atoms with Crippen molar-refractivity contribution in [3.8, 4) is 0 Å². The number of H-pyrrole nitrogens is 1. The third-order valence-corrected chi connectivity index (χ3v) is 3.63. The molecule has 1 fully saturated rings. The molecule has 1 aromatic heterocycles. The van der Waals surface area contributed by atoms with Crippen LogP contribution in [0.2, 0.25) is 0 Å².